The van der Waals surface area contributed by atoms with Crippen molar-refractivity contribution >= 4 is 11.8 Å². The van der Waals surface area contributed by atoms with E-state index in [4.69, 9.17) is 20.6 Å². The van der Waals surface area contributed by atoms with E-state index < -0.39 is 12.0 Å². The first-order valence-electron chi connectivity index (χ1n) is 11.3. The molecule has 0 saturated carbocycles. The number of anilines is 1. The van der Waals surface area contributed by atoms with E-state index in [2.05, 4.69) is 22.3 Å². The molecule has 2 aromatic rings. The highest BCUT2D eigenvalue weighted by molar-refractivity contribution is 5.72. The van der Waals surface area contributed by atoms with Crippen LogP contribution in [0.5, 0.6) is 5.75 Å². The topological polar surface area (TPSA) is 101 Å². The third-order valence-corrected chi connectivity index (χ3v) is 5.67. The molecular formula is C24H33FN4O3. The van der Waals surface area contributed by atoms with E-state index in [1.165, 1.54) is 17.7 Å². The number of fused-ring (bicyclic) bond motifs is 1. The Morgan fingerprint density at radius 2 is 2.00 bits per heavy atom. The molecule has 1 aliphatic heterocycles. The highest BCUT2D eigenvalue weighted by atomic mass is 19.1. The van der Waals surface area contributed by atoms with Crippen molar-refractivity contribution in [2.75, 3.05) is 38.1 Å². The fourth-order valence-corrected chi connectivity index (χ4v) is 3.75. The molecule has 0 unspecified atom stereocenters. The molecule has 0 saturated heterocycles. The molecule has 2 heterocycles. The number of nitrogens with one attached hydrogen (secondary N) is 1. The molecule has 0 aliphatic carbocycles. The quantitative estimate of drug-likeness (QED) is 0.408. The predicted molar refractivity (Wildman–Crippen MR) is 123 cm³/mol. The van der Waals surface area contributed by atoms with Crippen molar-refractivity contribution in [1.82, 2.24) is 9.88 Å². The second-order valence-corrected chi connectivity index (χ2v) is 8.18. The van der Waals surface area contributed by atoms with Crippen LogP contribution >= 0.6 is 0 Å². The molecule has 0 spiro atoms. The van der Waals surface area contributed by atoms with E-state index in [0.717, 1.165) is 56.7 Å². The minimum absolute atomic E-state index is 0.300. The molecule has 174 valence electrons. The number of hydrogen-bond acceptors (Lipinski definition) is 6. The van der Waals surface area contributed by atoms with Crippen LogP contribution in [-0.2, 0) is 17.6 Å². The Labute approximate surface area is 188 Å². The molecule has 1 aromatic heterocycles. The number of aryl methyl sites for hydroxylation is 2. The maximum Gasteiger partial charge on any atom is 0.320 e. The second-order valence-electron chi connectivity index (χ2n) is 8.18. The van der Waals surface area contributed by atoms with Gasteiger partial charge in [-0.3, -0.25) is 9.69 Å². The van der Waals surface area contributed by atoms with Crippen molar-refractivity contribution in [2.45, 2.75) is 44.6 Å². The Kier molecular flexibility index (Phi) is 9.25. The van der Waals surface area contributed by atoms with Crippen LogP contribution < -0.4 is 15.8 Å². The number of nitrogens with two attached hydrogens (primary N) is 1. The summed E-state index contributed by atoms with van der Waals surface area (Å²) in [6.45, 7) is 3.47. The lowest BCUT2D eigenvalue weighted by molar-refractivity contribution is -0.138. The van der Waals surface area contributed by atoms with E-state index in [9.17, 15) is 9.18 Å². The third kappa shape index (κ3) is 7.76. The van der Waals surface area contributed by atoms with Crippen LogP contribution in [0.3, 0.4) is 0 Å². The van der Waals surface area contributed by atoms with E-state index in [-0.39, 0.29) is 5.82 Å². The van der Waals surface area contributed by atoms with Gasteiger partial charge in [-0.2, -0.15) is 0 Å². The number of aliphatic carboxylic acids is 1. The maximum absolute atomic E-state index is 13.0. The van der Waals surface area contributed by atoms with Gasteiger partial charge in [0, 0.05) is 25.3 Å². The van der Waals surface area contributed by atoms with Crippen molar-refractivity contribution in [3.8, 4) is 5.75 Å². The van der Waals surface area contributed by atoms with Gasteiger partial charge in [-0.1, -0.05) is 6.07 Å². The summed E-state index contributed by atoms with van der Waals surface area (Å²) in [6.07, 6.45) is 5.48. The van der Waals surface area contributed by atoms with Crippen LogP contribution in [0.15, 0.2) is 36.4 Å². The van der Waals surface area contributed by atoms with Crippen LogP contribution in [0.4, 0.5) is 10.2 Å². The number of carboxylic acids is 1. The Hall–Kier alpha value is -2.71. The zero-order chi connectivity index (χ0) is 22.8. The minimum atomic E-state index is -0.986. The average molecular weight is 445 g/mol. The monoisotopic (exact) mass is 444 g/mol. The van der Waals surface area contributed by atoms with Gasteiger partial charge in [0.15, 0.2) is 0 Å². The number of hydrogen-bond donors (Lipinski definition) is 3. The molecule has 8 heteroatoms. The Morgan fingerprint density at radius 1 is 1.19 bits per heavy atom. The summed E-state index contributed by atoms with van der Waals surface area (Å²) in [5.74, 6) is 0.349. The van der Waals surface area contributed by atoms with Crippen LogP contribution in [0.25, 0.3) is 0 Å². The summed E-state index contributed by atoms with van der Waals surface area (Å²) >= 11 is 0. The van der Waals surface area contributed by atoms with E-state index >= 15 is 0 Å². The minimum Gasteiger partial charge on any atom is -0.492 e. The molecule has 0 bridgehead atoms. The number of rotatable bonds is 13. The number of nitrogens with zero attached hydrogens (tertiary/aromatic N) is 2. The van der Waals surface area contributed by atoms with Gasteiger partial charge in [-0.05, 0) is 81.0 Å². The molecular weight excluding hydrogens is 411 g/mol. The number of carbonyl (C=O) groups is 1. The van der Waals surface area contributed by atoms with Gasteiger partial charge in [-0.15, -0.1) is 0 Å². The highest BCUT2D eigenvalue weighted by Crippen LogP contribution is 2.20. The molecule has 32 heavy (non-hydrogen) atoms. The standard InChI is InChI=1S/C24H33FN4O3/c25-19-7-10-21(11-8-19)32-17-16-29(15-12-22(26)24(30)31)14-2-1-5-20-9-6-18-4-3-13-27-23(18)28-20/h6-11,22H,1-5,12-17,26H2,(H,27,28)(H,30,31)/t22-/m0/s1. The Balaban J connectivity index is 1.44. The molecule has 3 rings (SSSR count). The lowest BCUT2D eigenvalue weighted by Gasteiger charge is -2.23. The number of benzene rings is 1. The Bertz CT molecular complexity index is 863. The van der Waals surface area contributed by atoms with Crippen molar-refractivity contribution in [3.05, 3.63) is 53.5 Å². The van der Waals surface area contributed by atoms with Crippen molar-refractivity contribution in [1.29, 1.82) is 0 Å². The van der Waals surface area contributed by atoms with Gasteiger partial charge < -0.3 is 20.9 Å². The van der Waals surface area contributed by atoms with Gasteiger partial charge in [0.05, 0.1) is 0 Å². The number of aromatic nitrogens is 1. The third-order valence-electron chi connectivity index (χ3n) is 5.67. The molecule has 4 N–H and O–H groups in total. The summed E-state index contributed by atoms with van der Waals surface area (Å²) in [4.78, 5) is 18.0. The summed E-state index contributed by atoms with van der Waals surface area (Å²) in [5, 5.41) is 12.4. The van der Waals surface area contributed by atoms with Gasteiger partial charge in [0.1, 0.15) is 30.0 Å². The van der Waals surface area contributed by atoms with Crippen LogP contribution in [0.1, 0.15) is 36.9 Å². The van der Waals surface area contributed by atoms with Gasteiger partial charge in [-0.25, -0.2) is 9.37 Å². The number of halogens is 1. The molecule has 0 radical (unpaired) electrons. The molecule has 0 amide bonds. The molecule has 1 aromatic carbocycles. The lowest BCUT2D eigenvalue weighted by atomic mass is 10.1. The average Bonchev–Trinajstić information content (AvgIpc) is 2.80. The normalized spacial score (nSPS) is 14.0. The summed E-state index contributed by atoms with van der Waals surface area (Å²) in [5.41, 5.74) is 8.07. The number of unbranched alkanes of at least 4 members (excludes halogenated alkanes) is 1. The van der Waals surface area contributed by atoms with Gasteiger partial charge in [0.2, 0.25) is 0 Å². The first-order valence-corrected chi connectivity index (χ1v) is 11.3. The summed E-state index contributed by atoms with van der Waals surface area (Å²) < 4.78 is 18.7. The molecule has 7 nitrogen and oxygen atoms in total. The van der Waals surface area contributed by atoms with Crippen molar-refractivity contribution in [2.24, 2.45) is 5.73 Å². The first kappa shape index (κ1) is 23.9. The van der Waals surface area contributed by atoms with Crippen molar-refractivity contribution in [3.63, 3.8) is 0 Å². The fourth-order valence-electron chi connectivity index (χ4n) is 3.75. The summed E-state index contributed by atoms with van der Waals surface area (Å²) in [6, 6.07) is 9.35. The van der Waals surface area contributed by atoms with Crippen LogP contribution in [-0.4, -0.2) is 59.8 Å². The van der Waals surface area contributed by atoms with E-state index in [1.54, 1.807) is 12.1 Å². The zero-order valence-corrected chi connectivity index (χ0v) is 18.4. The number of ether oxygens (including phenoxy) is 1. The van der Waals surface area contributed by atoms with Crippen LogP contribution in [0, 0.1) is 5.82 Å². The molecule has 1 atom stereocenters. The second kappa shape index (κ2) is 12.4. The fraction of sp³-hybridized carbons (Fsp3) is 0.500. The van der Waals surface area contributed by atoms with Crippen molar-refractivity contribution < 1.29 is 19.0 Å². The SMILES string of the molecule is N[C@@H](CCN(CCCCc1ccc2c(n1)NCCC2)CCOc1ccc(F)cc1)C(=O)O. The number of carboxylic acid groups (broad SMARTS) is 1. The number of pyridine rings is 1. The molecule has 0 fully saturated rings. The van der Waals surface area contributed by atoms with E-state index in [1.807, 2.05) is 0 Å². The Morgan fingerprint density at radius 3 is 2.78 bits per heavy atom. The lowest BCUT2D eigenvalue weighted by Crippen LogP contribution is -2.37. The first-order chi connectivity index (χ1) is 15.5. The van der Waals surface area contributed by atoms with E-state index in [0.29, 0.717) is 31.9 Å². The summed E-state index contributed by atoms with van der Waals surface area (Å²) in [7, 11) is 0. The zero-order valence-electron chi connectivity index (χ0n) is 18.4. The highest BCUT2D eigenvalue weighted by Gasteiger charge is 2.14. The largest absolute Gasteiger partial charge is 0.492 e. The van der Waals surface area contributed by atoms with Gasteiger partial charge in [0.25, 0.3) is 0 Å². The van der Waals surface area contributed by atoms with Gasteiger partial charge >= 0.3 is 5.97 Å². The maximum atomic E-state index is 13.0. The predicted octanol–water partition coefficient (Wildman–Crippen LogP) is 3.08. The smallest absolute Gasteiger partial charge is 0.320 e. The van der Waals surface area contributed by atoms with Crippen LogP contribution in [0.2, 0.25) is 0 Å². The molecule has 1 aliphatic rings.